The molecule has 0 spiro atoms. The Labute approximate surface area is 137 Å². The topological polar surface area (TPSA) is 66.4 Å². The number of amides is 1. The van der Waals surface area contributed by atoms with Crippen LogP contribution in [0.4, 0.5) is 5.13 Å². The van der Waals surface area contributed by atoms with Crippen LogP contribution in [-0.2, 0) is 11.2 Å². The van der Waals surface area contributed by atoms with Crippen molar-refractivity contribution in [2.45, 2.75) is 12.8 Å². The summed E-state index contributed by atoms with van der Waals surface area (Å²) in [5.41, 5.74) is 1.05. The van der Waals surface area contributed by atoms with Crippen molar-refractivity contribution in [3.05, 3.63) is 45.9 Å². The van der Waals surface area contributed by atoms with Crippen molar-refractivity contribution in [3.63, 3.8) is 0 Å². The van der Waals surface area contributed by atoms with Gasteiger partial charge in [-0.1, -0.05) is 29.8 Å². The molecule has 1 aliphatic heterocycles. The fourth-order valence-corrected chi connectivity index (χ4v) is 3.15. The van der Waals surface area contributed by atoms with E-state index < -0.39 is 0 Å². The second-order valence-corrected chi connectivity index (χ2v) is 6.39. The normalized spacial score (nSPS) is 14.1. The summed E-state index contributed by atoms with van der Waals surface area (Å²) in [7, 11) is 0. The molecule has 0 aliphatic carbocycles. The molecule has 2 N–H and O–H groups in total. The summed E-state index contributed by atoms with van der Waals surface area (Å²) in [5, 5.41) is 7.07. The molecular weight excluding hydrogens is 320 g/mol. The molecule has 0 saturated heterocycles. The smallest absolute Gasteiger partial charge is 0.292 e. The second-order valence-electron chi connectivity index (χ2n) is 4.86. The maximum absolute atomic E-state index is 12.0. The summed E-state index contributed by atoms with van der Waals surface area (Å²) in [4.78, 5) is 21.5. The zero-order valence-corrected chi connectivity index (χ0v) is 13.4. The van der Waals surface area contributed by atoms with Gasteiger partial charge in [0.15, 0.2) is 11.0 Å². The number of benzene rings is 1. The molecule has 0 atom stereocenters. The Morgan fingerprint density at radius 1 is 1.41 bits per heavy atom. The van der Waals surface area contributed by atoms with Gasteiger partial charge in [-0.15, -0.1) is 11.3 Å². The molecule has 2 heterocycles. The highest BCUT2D eigenvalue weighted by atomic mass is 35.5. The summed E-state index contributed by atoms with van der Waals surface area (Å²) in [6, 6.07) is 7.72. The number of anilines is 1. The monoisotopic (exact) mass is 334 g/mol. The van der Waals surface area contributed by atoms with Crippen LogP contribution in [0.5, 0.6) is 0 Å². The summed E-state index contributed by atoms with van der Waals surface area (Å²) in [6.07, 6.45) is 3.42. The van der Waals surface area contributed by atoms with Crippen LogP contribution in [0.25, 0.3) is 0 Å². The van der Waals surface area contributed by atoms with Crippen molar-refractivity contribution >= 4 is 39.8 Å². The number of carbonyl (C=O) groups is 1. The predicted octanol–water partition coefficient (Wildman–Crippen LogP) is 2.72. The highest BCUT2D eigenvalue weighted by molar-refractivity contribution is 7.15. The number of thiazole rings is 1. The lowest BCUT2D eigenvalue weighted by Gasteiger charge is -2.12. The van der Waals surface area contributed by atoms with Crippen LogP contribution < -0.4 is 10.6 Å². The van der Waals surface area contributed by atoms with Crippen molar-refractivity contribution in [2.75, 3.05) is 18.4 Å². The molecule has 0 saturated carbocycles. The van der Waals surface area contributed by atoms with Crippen LogP contribution in [0, 0.1) is 0 Å². The van der Waals surface area contributed by atoms with Gasteiger partial charge in [-0.05, 0) is 18.1 Å². The third kappa shape index (κ3) is 3.64. The minimum Gasteiger partial charge on any atom is -0.366 e. The average Bonchev–Trinajstić information content (AvgIpc) is 2.97. The minimum atomic E-state index is -0.238. The fourth-order valence-electron chi connectivity index (χ4n) is 2.12. The van der Waals surface area contributed by atoms with Gasteiger partial charge < -0.3 is 5.32 Å². The first-order valence-electron chi connectivity index (χ1n) is 7.00. The molecule has 1 aromatic carbocycles. The summed E-state index contributed by atoms with van der Waals surface area (Å²) in [5.74, 6) is 0.146. The average molecular weight is 335 g/mol. The Kier molecular flexibility index (Phi) is 4.70. The van der Waals surface area contributed by atoms with Gasteiger partial charge in [-0.3, -0.25) is 15.1 Å². The number of nitrogens with zero attached hydrogens (tertiary/aromatic N) is 2. The van der Waals surface area contributed by atoms with Gasteiger partial charge in [0, 0.05) is 35.6 Å². The van der Waals surface area contributed by atoms with Gasteiger partial charge in [-0.2, -0.15) is 0 Å². The van der Waals surface area contributed by atoms with E-state index in [0.29, 0.717) is 23.9 Å². The third-order valence-corrected chi connectivity index (χ3v) is 4.49. The fraction of sp³-hybridized carbons (Fsp3) is 0.267. The molecule has 0 fully saturated rings. The maximum atomic E-state index is 12.0. The summed E-state index contributed by atoms with van der Waals surface area (Å²) < 4.78 is 0. The van der Waals surface area contributed by atoms with Gasteiger partial charge in [0.25, 0.3) is 5.91 Å². The van der Waals surface area contributed by atoms with Crippen LogP contribution in [0.15, 0.2) is 35.5 Å². The number of halogens is 1. The number of hydrogen-bond acceptors (Lipinski definition) is 5. The highest BCUT2D eigenvalue weighted by Crippen LogP contribution is 2.24. The van der Waals surface area contributed by atoms with Crippen molar-refractivity contribution in [1.82, 2.24) is 10.3 Å². The van der Waals surface area contributed by atoms with Gasteiger partial charge >= 0.3 is 0 Å². The first kappa shape index (κ1) is 15.0. The predicted molar refractivity (Wildman–Crippen MR) is 89.9 cm³/mol. The van der Waals surface area contributed by atoms with Gasteiger partial charge in [0.2, 0.25) is 0 Å². The molecule has 1 amide bonds. The van der Waals surface area contributed by atoms with Gasteiger partial charge in [-0.25, -0.2) is 4.98 Å². The molecule has 0 bridgehead atoms. The lowest BCUT2D eigenvalue weighted by atomic mass is 10.1. The van der Waals surface area contributed by atoms with Crippen molar-refractivity contribution in [2.24, 2.45) is 4.99 Å². The van der Waals surface area contributed by atoms with Crippen molar-refractivity contribution in [3.8, 4) is 0 Å². The SMILES string of the molecule is O=C(Nc1ncc(Cc2ccccc2Cl)s1)C1=NCCCN1. The molecule has 5 nitrogen and oxygen atoms in total. The number of hydrogen-bond donors (Lipinski definition) is 2. The molecular formula is C15H15ClN4OS. The van der Waals surface area contributed by atoms with Crippen LogP contribution >= 0.6 is 22.9 Å². The van der Waals surface area contributed by atoms with Crippen LogP contribution in [-0.4, -0.2) is 29.8 Å². The Bertz CT molecular complexity index is 713. The molecule has 0 unspecified atom stereocenters. The van der Waals surface area contributed by atoms with E-state index in [2.05, 4.69) is 20.6 Å². The van der Waals surface area contributed by atoms with Crippen LogP contribution in [0.3, 0.4) is 0 Å². The molecule has 3 rings (SSSR count). The van der Waals surface area contributed by atoms with E-state index in [9.17, 15) is 4.79 Å². The number of nitrogens with one attached hydrogen (secondary N) is 2. The molecule has 0 radical (unpaired) electrons. The third-order valence-electron chi connectivity index (χ3n) is 3.21. The van der Waals surface area contributed by atoms with Crippen molar-refractivity contribution < 1.29 is 4.79 Å². The lowest BCUT2D eigenvalue weighted by Crippen LogP contribution is -2.39. The van der Waals surface area contributed by atoms with Crippen LogP contribution in [0.2, 0.25) is 5.02 Å². The van der Waals surface area contributed by atoms with E-state index in [1.165, 1.54) is 11.3 Å². The molecule has 114 valence electrons. The van der Waals surface area contributed by atoms with E-state index in [1.807, 2.05) is 24.3 Å². The van der Waals surface area contributed by atoms with E-state index in [4.69, 9.17) is 11.6 Å². The zero-order valence-electron chi connectivity index (χ0n) is 11.8. The largest absolute Gasteiger partial charge is 0.366 e. The first-order valence-corrected chi connectivity index (χ1v) is 8.19. The number of aromatic nitrogens is 1. The first-order chi connectivity index (χ1) is 10.7. The Morgan fingerprint density at radius 3 is 3.05 bits per heavy atom. The van der Waals surface area contributed by atoms with E-state index in [1.54, 1.807) is 6.20 Å². The van der Waals surface area contributed by atoms with Gasteiger partial charge in [0.05, 0.1) is 0 Å². The molecule has 2 aromatic rings. The molecule has 22 heavy (non-hydrogen) atoms. The number of aliphatic imine (C=N–C) groups is 1. The quantitative estimate of drug-likeness (QED) is 0.903. The number of carbonyl (C=O) groups excluding carboxylic acids is 1. The summed E-state index contributed by atoms with van der Waals surface area (Å²) in [6.45, 7) is 1.47. The second kappa shape index (κ2) is 6.89. The van der Waals surface area contributed by atoms with E-state index in [-0.39, 0.29) is 5.91 Å². The molecule has 7 heteroatoms. The Morgan fingerprint density at radius 2 is 2.27 bits per heavy atom. The van der Waals surface area contributed by atoms with Gasteiger partial charge in [0.1, 0.15) is 0 Å². The zero-order chi connectivity index (χ0) is 15.4. The van der Waals surface area contributed by atoms with Crippen LogP contribution in [0.1, 0.15) is 16.9 Å². The van der Waals surface area contributed by atoms with Crippen molar-refractivity contribution in [1.29, 1.82) is 0 Å². The van der Waals surface area contributed by atoms with E-state index >= 15 is 0 Å². The minimum absolute atomic E-state index is 0.238. The molecule has 1 aromatic heterocycles. The Balaban J connectivity index is 1.65. The Hall–Kier alpha value is -1.92. The molecule has 1 aliphatic rings. The van der Waals surface area contributed by atoms with E-state index in [0.717, 1.165) is 28.4 Å². The highest BCUT2D eigenvalue weighted by Gasteiger charge is 2.15. The number of rotatable bonds is 4. The maximum Gasteiger partial charge on any atom is 0.292 e. The number of amidine groups is 1. The lowest BCUT2D eigenvalue weighted by molar-refractivity contribution is -0.110. The summed E-state index contributed by atoms with van der Waals surface area (Å²) >= 11 is 7.60. The standard InChI is InChI=1S/C15H15ClN4OS/c16-12-5-2-1-4-10(12)8-11-9-19-15(22-11)20-14(21)13-17-6-3-7-18-13/h1-2,4-5,9H,3,6-8H2,(H,17,18)(H,19,20,21).